The van der Waals surface area contributed by atoms with Gasteiger partial charge in [0.2, 0.25) is 5.91 Å². The quantitative estimate of drug-likeness (QED) is 0.749. The number of piperidine rings is 1. The molecule has 3 saturated heterocycles. The topological polar surface area (TPSA) is 45.7 Å². The number of ether oxygens (including phenoxy) is 1. The van der Waals surface area contributed by atoms with E-state index in [1.165, 1.54) is 24.8 Å². The summed E-state index contributed by atoms with van der Waals surface area (Å²) >= 11 is 0. The second-order valence-corrected chi connectivity index (χ2v) is 9.22. The van der Waals surface area contributed by atoms with Gasteiger partial charge in [-0.2, -0.15) is 0 Å². The lowest BCUT2D eigenvalue weighted by atomic mass is 9.59. The molecule has 5 heteroatoms. The second-order valence-electron chi connectivity index (χ2n) is 9.22. The van der Waals surface area contributed by atoms with Crippen molar-refractivity contribution < 1.29 is 9.53 Å². The van der Waals surface area contributed by atoms with Gasteiger partial charge in [-0.1, -0.05) is 19.3 Å². The molecule has 4 heterocycles. The Morgan fingerprint density at radius 1 is 0.929 bits per heavy atom. The molecule has 1 atom stereocenters. The van der Waals surface area contributed by atoms with Crippen LogP contribution in [-0.4, -0.2) is 59.1 Å². The third-order valence-electron chi connectivity index (χ3n) is 7.83. The van der Waals surface area contributed by atoms with E-state index in [4.69, 9.17) is 4.74 Å². The van der Waals surface area contributed by atoms with Crippen molar-refractivity contribution >= 4 is 5.91 Å². The van der Waals surface area contributed by atoms with Crippen molar-refractivity contribution in [2.45, 2.75) is 75.9 Å². The minimum Gasteiger partial charge on any atom is -0.381 e. The molecule has 1 unspecified atom stereocenters. The molecular weight excluding hydrogens is 350 g/mol. The lowest BCUT2D eigenvalue weighted by Crippen LogP contribution is -2.68. The average Bonchev–Trinajstić information content (AvgIpc) is 2.79. The molecule has 1 aromatic rings. The third-order valence-corrected chi connectivity index (χ3v) is 7.83. The molecule has 0 aromatic carbocycles. The van der Waals surface area contributed by atoms with Crippen molar-refractivity contribution in [3.63, 3.8) is 0 Å². The van der Waals surface area contributed by atoms with Crippen LogP contribution in [0.15, 0.2) is 24.5 Å². The number of β-lactam (4-membered cyclic amide) rings is 1. The SMILES string of the molecule is O=C1N(C2CCN(C3CCOCC3)CC2)C(c2ccncc2)C12CCCCC2. The van der Waals surface area contributed by atoms with Crippen molar-refractivity contribution in [1.82, 2.24) is 14.8 Å². The fourth-order valence-corrected chi connectivity index (χ4v) is 6.34. The van der Waals surface area contributed by atoms with Crippen LogP contribution in [-0.2, 0) is 9.53 Å². The van der Waals surface area contributed by atoms with E-state index in [1.807, 2.05) is 12.4 Å². The number of hydrogen-bond donors (Lipinski definition) is 0. The molecule has 4 fully saturated rings. The van der Waals surface area contributed by atoms with Gasteiger partial charge >= 0.3 is 0 Å². The lowest BCUT2D eigenvalue weighted by molar-refractivity contribution is -0.187. The summed E-state index contributed by atoms with van der Waals surface area (Å²) in [6.45, 7) is 4.05. The van der Waals surface area contributed by atoms with E-state index in [-0.39, 0.29) is 11.5 Å². The normalized spacial score (nSPS) is 29.8. The maximum Gasteiger partial charge on any atom is 0.232 e. The first-order chi connectivity index (χ1) is 13.8. The van der Waals surface area contributed by atoms with Crippen LogP contribution in [0, 0.1) is 5.41 Å². The van der Waals surface area contributed by atoms with E-state index < -0.39 is 0 Å². The van der Waals surface area contributed by atoms with E-state index in [1.54, 1.807) is 0 Å². The van der Waals surface area contributed by atoms with Crippen LogP contribution in [0.3, 0.4) is 0 Å². The van der Waals surface area contributed by atoms with Gasteiger partial charge < -0.3 is 14.5 Å². The number of hydrogen-bond acceptors (Lipinski definition) is 4. The van der Waals surface area contributed by atoms with Gasteiger partial charge in [0.15, 0.2) is 0 Å². The smallest absolute Gasteiger partial charge is 0.232 e. The van der Waals surface area contributed by atoms with Crippen LogP contribution in [0.1, 0.15) is 69.4 Å². The summed E-state index contributed by atoms with van der Waals surface area (Å²) in [5.74, 6) is 0.443. The first-order valence-electron chi connectivity index (χ1n) is 11.3. The molecule has 28 heavy (non-hydrogen) atoms. The maximum absolute atomic E-state index is 13.5. The Hall–Kier alpha value is -1.46. The molecule has 1 saturated carbocycles. The highest BCUT2D eigenvalue weighted by Crippen LogP contribution is 2.59. The molecule has 1 aromatic heterocycles. The van der Waals surface area contributed by atoms with Crippen molar-refractivity contribution in [3.05, 3.63) is 30.1 Å². The van der Waals surface area contributed by atoms with Gasteiger partial charge in [0.25, 0.3) is 0 Å². The molecule has 1 spiro atoms. The monoisotopic (exact) mass is 383 g/mol. The lowest BCUT2D eigenvalue weighted by Gasteiger charge is -2.61. The van der Waals surface area contributed by atoms with Crippen LogP contribution in [0.4, 0.5) is 0 Å². The molecule has 0 bridgehead atoms. The Bertz CT molecular complexity index is 674. The number of aromatic nitrogens is 1. The maximum atomic E-state index is 13.5. The van der Waals surface area contributed by atoms with E-state index in [0.29, 0.717) is 18.0 Å². The molecule has 5 rings (SSSR count). The highest BCUT2D eigenvalue weighted by molar-refractivity contribution is 5.91. The van der Waals surface area contributed by atoms with Gasteiger partial charge in [0.05, 0.1) is 11.5 Å². The summed E-state index contributed by atoms with van der Waals surface area (Å²) in [6.07, 6.45) is 14.1. The first kappa shape index (κ1) is 18.6. The summed E-state index contributed by atoms with van der Waals surface area (Å²) in [7, 11) is 0. The number of amides is 1. The van der Waals surface area contributed by atoms with Gasteiger partial charge in [-0.05, 0) is 56.2 Å². The van der Waals surface area contributed by atoms with Gasteiger partial charge in [-0.15, -0.1) is 0 Å². The molecule has 4 aliphatic rings. The van der Waals surface area contributed by atoms with Gasteiger partial charge in [-0.25, -0.2) is 0 Å². The Labute approximate surface area is 168 Å². The number of pyridine rings is 1. The summed E-state index contributed by atoms with van der Waals surface area (Å²) in [5.41, 5.74) is 1.17. The number of rotatable bonds is 3. The average molecular weight is 384 g/mol. The van der Waals surface area contributed by atoms with E-state index in [9.17, 15) is 4.79 Å². The highest BCUT2D eigenvalue weighted by Gasteiger charge is 2.62. The van der Waals surface area contributed by atoms with E-state index >= 15 is 0 Å². The second kappa shape index (κ2) is 7.75. The summed E-state index contributed by atoms with van der Waals surface area (Å²) < 4.78 is 5.53. The third kappa shape index (κ3) is 3.07. The molecule has 1 aliphatic carbocycles. The fraction of sp³-hybridized carbons (Fsp3) is 0.739. The Morgan fingerprint density at radius 3 is 2.29 bits per heavy atom. The van der Waals surface area contributed by atoms with Crippen molar-refractivity contribution in [2.75, 3.05) is 26.3 Å². The van der Waals surface area contributed by atoms with Crippen molar-refractivity contribution in [3.8, 4) is 0 Å². The van der Waals surface area contributed by atoms with Gasteiger partial charge in [0.1, 0.15) is 0 Å². The Kier molecular flexibility index (Phi) is 5.14. The predicted molar refractivity (Wildman–Crippen MR) is 108 cm³/mol. The van der Waals surface area contributed by atoms with Crippen molar-refractivity contribution in [2.24, 2.45) is 5.41 Å². The highest BCUT2D eigenvalue weighted by atomic mass is 16.5. The van der Waals surface area contributed by atoms with Crippen LogP contribution >= 0.6 is 0 Å². The molecule has 0 radical (unpaired) electrons. The molecule has 5 nitrogen and oxygen atoms in total. The first-order valence-corrected chi connectivity index (χ1v) is 11.3. The van der Waals surface area contributed by atoms with Crippen LogP contribution in [0.5, 0.6) is 0 Å². The van der Waals surface area contributed by atoms with Gasteiger partial charge in [0, 0.05) is 50.8 Å². The number of nitrogens with zero attached hydrogens (tertiary/aromatic N) is 3. The molecule has 0 N–H and O–H groups in total. The van der Waals surface area contributed by atoms with Crippen molar-refractivity contribution in [1.29, 1.82) is 0 Å². The molecule has 1 amide bonds. The summed E-state index contributed by atoms with van der Waals surface area (Å²) in [5, 5.41) is 0. The minimum atomic E-state index is -0.128. The fourth-order valence-electron chi connectivity index (χ4n) is 6.34. The Balaban J connectivity index is 1.32. The van der Waals surface area contributed by atoms with E-state index in [2.05, 4.69) is 26.9 Å². The standard InChI is InChI=1S/C23H33N3O2/c27-22-23(10-2-1-3-11-23)21(18-4-12-24-13-5-18)26(22)20-6-14-25(15-7-20)19-8-16-28-17-9-19/h4-5,12-13,19-21H,1-3,6-11,14-17H2. The number of likely N-dealkylation sites (tertiary alicyclic amines) is 2. The number of carbonyl (C=O) groups excluding carboxylic acids is 1. The molecule has 3 aliphatic heterocycles. The Morgan fingerprint density at radius 2 is 1.61 bits per heavy atom. The molecule has 152 valence electrons. The minimum absolute atomic E-state index is 0.128. The number of carbonyl (C=O) groups is 1. The van der Waals surface area contributed by atoms with E-state index in [0.717, 1.165) is 64.8 Å². The predicted octanol–water partition coefficient (Wildman–Crippen LogP) is 3.56. The van der Waals surface area contributed by atoms with Crippen LogP contribution in [0.2, 0.25) is 0 Å². The van der Waals surface area contributed by atoms with Gasteiger partial charge in [-0.3, -0.25) is 9.78 Å². The summed E-state index contributed by atoms with van der Waals surface area (Å²) in [6, 6.07) is 5.62. The zero-order valence-electron chi connectivity index (χ0n) is 16.9. The zero-order chi connectivity index (χ0) is 19.0. The van der Waals surface area contributed by atoms with Crippen LogP contribution < -0.4 is 0 Å². The molecular formula is C23H33N3O2. The largest absolute Gasteiger partial charge is 0.381 e. The zero-order valence-corrected chi connectivity index (χ0v) is 16.9. The van der Waals surface area contributed by atoms with Crippen LogP contribution in [0.25, 0.3) is 0 Å². The summed E-state index contributed by atoms with van der Waals surface area (Å²) in [4.78, 5) is 22.6.